The molecule has 3 rings (SSSR count). The molecule has 1 aliphatic rings. The Hall–Kier alpha value is -3.16. The molecule has 0 fully saturated rings. The second-order valence-electron chi connectivity index (χ2n) is 5.60. The number of hydrogen-bond donors (Lipinski definition) is 2. The summed E-state index contributed by atoms with van der Waals surface area (Å²) in [5, 5.41) is 5.31. The molecule has 136 valence electrons. The average Bonchev–Trinajstić information content (AvgIpc) is 2.92. The van der Waals surface area contributed by atoms with Gasteiger partial charge in [0.1, 0.15) is 0 Å². The fourth-order valence-electron chi connectivity index (χ4n) is 2.39. The van der Waals surface area contributed by atoms with Gasteiger partial charge in [-0.15, -0.1) is 8.78 Å². The van der Waals surface area contributed by atoms with Crippen LogP contribution in [0.5, 0.6) is 11.5 Å². The Balaban J connectivity index is 1.42. The molecule has 2 aromatic carbocycles. The van der Waals surface area contributed by atoms with E-state index in [0.29, 0.717) is 24.2 Å². The number of ether oxygens (including phenoxy) is 2. The molecule has 0 radical (unpaired) electrons. The van der Waals surface area contributed by atoms with E-state index in [2.05, 4.69) is 20.1 Å². The highest BCUT2D eigenvalue weighted by atomic mass is 19.3. The monoisotopic (exact) mass is 362 g/mol. The van der Waals surface area contributed by atoms with Gasteiger partial charge in [0.2, 0.25) is 5.91 Å². The summed E-state index contributed by atoms with van der Waals surface area (Å²) < 4.78 is 34.5. The molecule has 0 spiro atoms. The number of carbonyl (C=O) groups excluding carboxylic acids is 2. The molecule has 0 atom stereocenters. The van der Waals surface area contributed by atoms with E-state index in [9.17, 15) is 18.4 Å². The van der Waals surface area contributed by atoms with E-state index in [1.165, 1.54) is 18.2 Å². The van der Waals surface area contributed by atoms with E-state index in [1.807, 2.05) is 6.07 Å². The van der Waals surface area contributed by atoms with Crippen LogP contribution >= 0.6 is 0 Å². The zero-order chi connectivity index (χ0) is 18.6. The normalized spacial score (nSPS) is 13.9. The first kappa shape index (κ1) is 17.7. The molecule has 2 amide bonds. The maximum Gasteiger partial charge on any atom is 0.586 e. The summed E-state index contributed by atoms with van der Waals surface area (Å²) in [5.41, 5.74) is 0.873. The standard InChI is InChI=1S/C18H16F2N2O4/c19-18(20)25-14-9-8-13(11-15(14)26-18)22-16(23)7-4-10-21-17(24)12-5-2-1-3-6-12/h1-3,5-6,8-9,11H,4,7,10H2,(H,21,24)(H,22,23). The van der Waals surface area contributed by atoms with Crippen molar-refractivity contribution in [1.29, 1.82) is 0 Å². The summed E-state index contributed by atoms with van der Waals surface area (Å²) >= 11 is 0. The molecule has 0 aromatic heterocycles. The number of hydrogen-bond acceptors (Lipinski definition) is 4. The van der Waals surface area contributed by atoms with Gasteiger partial charge in [0.25, 0.3) is 5.91 Å². The number of fused-ring (bicyclic) bond motifs is 1. The fourth-order valence-corrected chi connectivity index (χ4v) is 2.39. The first-order valence-electron chi connectivity index (χ1n) is 7.96. The molecule has 1 heterocycles. The Kier molecular flexibility index (Phi) is 5.01. The number of benzene rings is 2. The second-order valence-corrected chi connectivity index (χ2v) is 5.60. The zero-order valence-electron chi connectivity index (χ0n) is 13.6. The van der Waals surface area contributed by atoms with Gasteiger partial charge in [0.05, 0.1) is 0 Å². The topological polar surface area (TPSA) is 76.7 Å². The Bertz CT molecular complexity index is 812. The molecule has 2 aromatic rings. The largest absolute Gasteiger partial charge is 0.586 e. The summed E-state index contributed by atoms with van der Waals surface area (Å²) in [7, 11) is 0. The van der Waals surface area contributed by atoms with Crippen molar-refractivity contribution in [2.45, 2.75) is 19.1 Å². The lowest BCUT2D eigenvalue weighted by Crippen LogP contribution is -2.26. The molecule has 1 aliphatic heterocycles. The maximum atomic E-state index is 13.0. The molecule has 26 heavy (non-hydrogen) atoms. The Morgan fingerprint density at radius 2 is 1.73 bits per heavy atom. The van der Waals surface area contributed by atoms with E-state index in [0.717, 1.165) is 0 Å². The Morgan fingerprint density at radius 3 is 2.50 bits per heavy atom. The number of carbonyl (C=O) groups is 2. The van der Waals surface area contributed by atoms with Crippen molar-refractivity contribution >= 4 is 17.5 Å². The smallest absolute Gasteiger partial charge is 0.395 e. The molecule has 0 bridgehead atoms. The predicted molar refractivity (Wildman–Crippen MR) is 89.3 cm³/mol. The summed E-state index contributed by atoms with van der Waals surface area (Å²) in [6, 6.07) is 12.8. The molecule has 0 aliphatic carbocycles. The van der Waals surface area contributed by atoms with Crippen LogP contribution in [0.15, 0.2) is 48.5 Å². The van der Waals surface area contributed by atoms with Crippen molar-refractivity contribution in [3.8, 4) is 11.5 Å². The fraction of sp³-hybridized carbons (Fsp3) is 0.222. The third-order valence-corrected chi connectivity index (χ3v) is 3.59. The quantitative estimate of drug-likeness (QED) is 0.774. The number of amides is 2. The van der Waals surface area contributed by atoms with E-state index >= 15 is 0 Å². The van der Waals surface area contributed by atoms with Crippen LogP contribution in [-0.4, -0.2) is 24.7 Å². The third kappa shape index (κ3) is 4.47. The van der Waals surface area contributed by atoms with Crippen molar-refractivity contribution < 1.29 is 27.8 Å². The first-order valence-corrected chi connectivity index (χ1v) is 7.96. The highest BCUT2D eigenvalue weighted by Gasteiger charge is 2.43. The number of rotatable bonds is 6. The molecule has 0 saturated heterocycles. The lowest BCUT2D eigenvalue weighted by atomic mass is 10.2. The molecule has 8 heteroatoms. The molecular formula is C18H16F2N2O4. The first-order chi connectivity index (χ1) is 12.4. The van der Waals surface area contributed by atoms with Gasteiger partial charge in [-0.2, -0.15) is 0 Å². The van der Waals surface area contributed by atoms with Gasteiger partial charge in [-0.05, 0) is 30.7 Å². The lowest BCUT2D eigenvalue weighted by molar-refractivity contribution is -0.286. The maximum absolute atomic E-state index is 13.0. The number of anilines is 1. The van der Waals surface area contributed by atoms with Crippen LogP contribution in [0.4, 0.5) is 14.5 Å². The SMILES string of the molecule is O=C(CCCNC(=O)c1ccccc1)Nc1ccc2c(c1)OC(F)(F)O2. The second kappa shape index (κ2) is 7.38. The van der Waals surface area contributed by atoms with E-state index < -0.39 is 6.29 Å². The van der Waals surface area contributed by atoms with Gasteiger partial charge in [-0.25, -0.2) is 0 Å². The minimum absolute atomic E-state index is 0.0865. The van der Waals surface area contributed by atoms with Crippen molar-refractivity contribution in [2.75, 3.05) is 11.9 Å². The van der Waals surface area contributed by atoms with E-state index in [4.69, 9.17) is 0 Å². The average molecular weight is 362 g/mol. The Morgan fingerprint density at radius 1 is 1.00 bits per heavy atom. The summed E-state index contributed by atoms with van der Waals surface area (Å²) in [4.78, 5) is 23.8. The molecular weight excluding hydrogens is 346 g/mol. The highest BCUT2D eigenvalue weighted by Crippen LogP contribution is 2.42. The van der Waals surface area contributed by atoms with Crippen molar-refractivity contribution in [3.63, 3.8) is 0 Å². The van der Waals surface area contributed by atoms with E-state index in [-0.39, 0.29) is 29.7 Å². The van der Waals surface area contributed by atoms with Gasteiger partial charge in [-0.3, -0.25) is 9.59 Å². The molecule has 6 nitrogen and oxygen atoms in total. The summed E-state index contributed by atoms with van der Waals surface area (Å²) in [5.74, 6) is -0.730. The van der Waals surface area contributed by atoms with Crippen molar-refractivity contribution in [1.82, 2.24) is 5.32 Å². The molecule has 0 unspecified atom stereocenters. The van der Waals surface area contributed by atoms with Gasteiger partial charge < -0.3 is 20.1 Å². The number of halogens is 2. The lowest BCUT2D eigenvalue weighted by Gasteiger charge is -2.07. The summed E-state index contributed by atoms with van der Waals surface area (Å²) in [6.45, 7) is 0.342. The van der Waals surface area contributed by atoms with Crippen molar-refractivity contribution in [3.05, 3.63) is 54.1 Å². The van der Waals surface area contributed by atoms with Crippen LogP contribution in [0, 0.1) is 0 Å². The van der Waals surface area contributed by atoms with Crippen LogP contribution in [0.2, 0.25) is 0 Å². The predicted octanol–water partition coefficient (Wildman–Crippen LogP) is 3.16. The number of alkyl halides is 2. The Labute approximate surface area is 148 Å². The van der Waals surface area contributed by atoms with Crippen LogP contribution in [0.1, 0.15) is 23.2 Å². The van der Waals surface area contributed by atoms with Gasteiger partial charge >= 0.3 is 6.29 Å². The van der Waals surface area contributed by atoms with Crippen molar-refractivity contribution in [2.24, 2.45) is 0 Å². The van der Waals surface area contributed by atoms with Crippen LogP contribution < -0.4 is 20.1 Å². The van der Waals surface area contributed by atoms with E-state index in [1.54, 1.807) is 24.3 Å². The molecule has 2 N–H and O–H groups in total. The van der Waals surface area contributed by atoms with Gasteiger partial charge in [0.15, 0.2) is 11.5 Å². The third-order valence-electron chi connectivity index (χ3n) is 3.59. The minimum atomic E-state index is -3.69. The van der Waals surface area contributed by atoms with Crippen LogP contribution in [0.3, 0.4) is 0 Å². The summed E-state index contributed by atoms with van der Waals surface area (Å²) in [6.07, 6.45) is -3.09. The van der Waals surface area contributed by atoms with Crippen LogP contribution in [-0.2, 0) is 4.79 Å². The minimum Gasteiger partial charge on any atom is -0.395 e. The highest BCUT2D eigenvalue weighted by molar-refractivity contribution is 5.94. The van der Waals surface area contributed by atoms with Crippen LogP contribution in [0.25, 0.3) is 0 Å². The zero-order valence-corrected chi connectivity index (χ0v) is 13.6. The number of nitrogens with one attached hydrogen (secondary N) is 2. The van der Waals surface area contributed by atoms with Gasteiger partial charge in [-0.1, -0.05) is 18.2 Å². The molecule has 0 saturated carbocycles. The van der Waals surface area contributed by atoms with Gasteiger partial charge in [0, 0.05) is 30.3 Å².